The molecule has 6 heteroatoms. The van der Waals surface area contributed by atoms with Gasteiger partial charge in [-0.2, -0.15) is 5.10 Å². The summed E-state index contributed by atoms with van der Waals surface area (Å²) in [6.07, 6.45) is 4.00. The number of methoxy groups -OCH3 is 1. The lowest BCUT2D eigenvalue weighted by molar-refractivity contribution is 0.0241. The van der Waals surface area contributed by atoms with Crippen LogP contribution in [0.15, 0.2) is 17.4 Å². The minimum atomic E-state index is 0.0716. The molecule has 126 valence electrons. The first-order chi connectivity index (χ1) is 10.4. The zero-order valence-electron chi connectivity index (χ0n) is 14.8. The highest BCUT2D eigenvalue weighted by Gasteiger charge is 2.23. The maximum atomic E-state index is 5.54. The summed E-state index contributed by atoms with van der Waals surface area (Å²) in [6.45, 7) is 13.7. The van der Waals surface area contributed by atoms with Gasteiger partial charge in [0.05, 0.1) is 25.4 Å². The van der Waals surface area contributed by atoms with Gasteiger partial charge < -0.3 is 15.4 Å². The van der Waals surface area contributed by atoms with E-state index in [4.69, 9.17) is 4.74 Å². The van der Waals surface area contributed by atoms with Crippen molar-refractivity contribution in [2.45, 2.75) is 47.3 Å². The van der Waals surface area contributed by atoms with Crippen molar-refractivity contribution < 1.29 is 4.74 Å². The molecule has 1 atom stereocenters. The van der Waals surface area contributed by atoms with E-state index in [0.29, 0.717) is 6.54 Å². The third-order valence-electron chi connectivity index (χ3n) is 3.41. The third kappa shape index (κ3) is 6.47. The molecule has 0 fully saturated rings. The molecular weight excluding hydrogens is 278 g/mol. The third-order valence-corrected chi connectivity index (χ3v) is 3.41. The second kappa shape index (κ2) is 8.78. The first-order valence-electron chi connectivity index (χ1n) is 7.90. The number of hydrogen-bond acceptors (Lipinski definition) is 3. The Hall–Kier alpha value is -1.56. The van der Waals surface area contributed by atoms with Crippen LogP contribution in [0.5, 0.6) is 0 Å². The molecular formula is C16H31N5O. The number of guanidine groups is 1. The molecule has 1 rings (SSSR count). The number of aliphatic imine (C=N–C) groups is 1. The number of nitrogens with one attached hydrogen (secondary N) is 2. The van der Waals surface area contributed by atoms with Crippen LogP contribution < -0.4 is 10.6 Å². The van der Waals surface area contributed by atoms with E-state index in [1.807, 2.05) is 24.0 Å². The van der Waals surface area contributed by atoms with Gasteiger partial charge in [-0.15, -0.1) is 0 Å². The standard InChI is InChI=1S/C16H31N5O/c1-7-17-15(19-11-14(22-6)16(3,4)5)18-8-9-21-12-13(2)10-20-21/h10,12,14H,7-9,11H2,1-6H3,(H2,17,18,19). The van der Waals surface area contributed by atoms with E-state index < -0.39 is 0 Å². The van der Waals surface area contributed by atoms with Crippen LogP contribution in [0.2, 0.25) is 0 Å². The molecule has 0 spiro atoms. The fraction of sp³-hybridized carbons (Fsp3) is 0.750. The van der Waals surface area contributed by atoms with Gasteiger partial charge >= 0.3 is 0 Å². The van der Waals surface area contributed by atoms with Crippen LogP contribution in [0.3, 0.4) is 0 Å². The Balaban J connectivity index is 2.51. The van der Waals surface area contributed by atoms with Gasteiger partial charge in [0.2, 0.25) is 0 Å². The van der Waals surface area contributed by atoms with Gasteiger partial charge in [-0.1, -0.05) is 20.8 Å². The topological polar surface area (TPSA) is 63.5 Å². The molecule has 0 aliphatic rings. The van der Waals surface area contributed by atoms with Gasteiger partial charge in [-0.3, -0.25) is 9.67 Å². The minimum absolute atomic E-state index is 0.0716. The second-order valence-electron chi connectivity index (χ2n) is 6.52. The smallest absolute Gasteiger partial charge is 0.191 e. The van der Waals surface area contributed by atoms with Crippen LogP contribution >= 0.6 is 0 Å². The maximum Gasteiger partial charge on any atom is 0.191 e. The number of rotatable bonds is 7. The molecule has 0 saturated heterocycles. The summed E-state index contributed by atoms with van der Waals surface area (Å²) in [5.74, 6) is 0.817. The number of ether oxygens (including phenoxy) is 1. The van der Waals surface area contributed by atoms with Crippen LogP contribution in [0.4, 0.5) is 0 Å². The summed E-state index contributed by atoms with van der Waals surface area (Å²) in [6, 6.07) is 0. The minimum Gasteiger partial charge on any atom is -0.379 e. The largest absolute Gasteiger partial charge is 0.379 e. The van der Waals surface area contributed by atoms with E-state index in [2.05, 4.69) is 48.4 Å². The van der Waals surface area contributed by atoms with Crippen LogP contribution in [0.25, 0.3) is 0 Å². The van der Waals surface area contributed by atoms with Gasteiger partial charge in [0.25, 0.3) is 0 Å². The lowest BCUT2D eigenvalue weighted by Gasteiger charge is -2.28. The molecule has 0 aromatic carbocycles. The fourth-order valence-corrected chi connectivity index (χ4v) is 2.10. The van der Waals surface area contributed by atoms with Crippen LogP contribution in [0, 0.1) is 12.3 Å². The molecule has 0 aliphatic heterocycles. The average Bonchev–Trinajstić information content (AvgIpc) is 2.83. The molecule has 1 heterocycles. The Labute approximate surface area is 134 Å². The molecule has 1 unspecified atom stereocenters. The Morgan fingerprint density at radius 2 is 2.14 bits per heavy atom. The molecule has 1 aromatic heterocycles. The monoisotopic (exact) mass is 309 g/mol. The highest BCUT2D eigenvalue weighted by atomic mass is 16.5. The zero-order valence-corrected chi connectivity index (χ0v) is 14.8. The van der Waals surface area contributed by atoms with Crippen molar-refractivity contribution in [2.75, 3.05) is 26.7 Å². The molecule has 0 radical (unpaired) electrons. The summed E-state index contributed by atoms with van der Waals surface area (Å²) < 4.78 is 7.47. The van der Waals surface area contributed by atoms with Crippen molar-refractivity contribution in [2.24, 2.45) is 10.4 Å². The Kier molecular flexibility index (Phi) is 7.38. The molecule has 1 aromatic rings. The van der Waals surface area contributed by atoms with Crippen molar-refractivity contribution in [3.05, 3.63) is 18.0 Å². The molecule has 22 heavy (non-hydrogen) atoms. The van der Waals surface area contributed by atoms with E-state index in [1.54, 1.807) is 7.11 Å². The van der Waals surface area contributed by atoms with Gasteiger partial charge in [-0.05, 0) is 24.8 Å². The average molecular weight is 309 g/mol. The Morgan fingerprint density at radius 1 is 1.41 bits per heavy atom. The SMILES string of the molecule is CCNC(=NCC(OC)C(C)(C)C)NCCn1cc(C)cn1. The van der Waals surface area contributed by atoms with Gasteiger partial charge in [0, 0.05) is 26.4 Å². The summed E-state index contributed by atoms with van der Waals surface area (Å²) in [5, 5.41) is 10.9. The lowest BCUT2D eigenvalue weighted by Crippen LogP contribution is -2.40. The molecule has 2 N–H and O–H groups in total. The predicted octanol–water partition coefficient (Wildman–Crippen LogP) is 1.81. The van der Waals surface area contributed by atoms with E-state index in [1.165, 1.54) is 5.56 Å². The van der Waals surface area contributed by atoms with E-state index in [-0.39, 0.29) is 11.5 Å². The molecule has 6 nitrogen and oxygen atoms in total. The molecule has 0 amide bonds. The normalized spacial score (nSPS) is 14.0. The van der Waals surface area contributed by atoms with Crippen molar-refractivity contribution >= 4 is 5.96 Å². The first kappa shape index (κ1) is 18.5. The van der Waals surface area contributed by atoms with Crippen molar-refractivity contribution in [1.82, 2.24) is 20.4 Å². The first-order valence-corrected chi connectivity index (χ1v) is 7.90. The van der Waals surface area contributed by atoms with Crippen LogP contribution in [-0.2, 0) is 11.3 Å². The zero-order chi connectivity index (χ0) is 16.6. The van der Waals surface area contributed by atoms with Gasteiger partial charge in [0.1, 0.15) is 0 Å². The highest BCUT2D eigenvalue weighted by molar-refractivity contribution is 5.79. The highest BCUT2D eigenvalue weighted by Crippen LogP contribution is 2.21. The maximum absolute atomic E-state index is 5.54. The van der Waals surface area contributed by atoms with Gasteiger partial charge in [0.15, 0.2) is 5.96 Å². The predicted molar refractivity (Wildman–Crippen MR) is 91.2 cm³/mol. The van der Waals surface area contributed by atoms with Gasteiger partial charge in [-0.25, -0.2) is 0 Å². The van der Waals surface area contributed by atoms with Crippen molar-refractivity contribution in [3.63, 3.8) is 0 Å². The molecule has 0 saturated carbocycles. The summed E-state index contributed by atoms with van der Waals surface area (Å²) in [4.78, 5) is 4.63. The van der Waals surface area contributed by atoms with E-state index >= 15 is 0 Å². The van der Waals surface area contributed by atoms with Crippen LogP contribution in [0.1, 0.15) is 33.3 Å². The van der Waals surface area contributed by atoms with E-state index in [9.17, 15) is 0 Å². The lowest BCUT2D eigenvalue weighted by atomic mass is 9.89. The quantitative estimate of drug-likeness (QED) is 0.595. The van der Waals surface area contributed by atoms with Crippen LogP contribution in [-0.4, -0.2) is 48.6 Å². The van der Waals surface area contributed by atoms with Crippen molar-refractivity contribution in [1.29, 1.82) is 0 Å². The molecule has 0 bridgehead atoms. The number of aromatic nitrogens is 2. The summed E-state index contributed by atoms with van der Waals surface area (Å²) in [5.41, 5.74) is 1.25. The number of aryl methyl sites for hydroxylation is 1. The Bertz CT molecular complexity index is 461. The number of hydrogen-bond donors (Lipinski definition) is 2. The summed E-state index contributed by atoms with van der Waals surface area (Å²) in [7, 11) is 1.74. The second-order valence-corrected chi connectivity index (χ2v) is 6.52. The fourth-order valence-electron chi connectivity index (χ4n) is 2.10. The van der Waals surface area contributed by atoms with Crippen molar-refractivity contribution in [3.8, 4) is 0 Å². The van der Waals surface area contributed by atoms with E-state index in [0.717, 1.165) is 25.6 Å². The molecule has 0 aliphatic carbocycles. The summed E-state index contributed by atoms with van der Waals surface area (Å²) >= 11 is 0. The number of nitrogens with zero attached hydrogens (tertiary/aromatic N) is 3. The Morgan fingerprint density at radius 3 is 2.64 bits per heavy atom.